The first kappa shape index (κ1) is 25.4. The normalized spacial score (nSPS) is 21.7. The molecule has 0 radical (unpaired) electrons. The van der Waals surface area contributed by atoms with Crippen molar-refractivity contribution in [3.63, 3.8) is 0 Å². The van der Waals surface area contributed by atoms with Gasteiger partial charge in [-0.15, -0.1) is 0 Å². The third kappa shape index (κ3) is 5.02. The predicted molar refractivity (Wildman–Crippen MR) is 138 cm³/mol. The summed E-state index contributed by atoms with van der Waals surface area (Å²) >= 11 is 0. The van der Waals surface area contributed by atoms with Gasteiger partial charge in [0.2, 0.25) is 0 Å². The van der Waals surface area contributed by atoms with Gasteiger partial charge in [-0.3, -0.25) is 9.59 Å². The van der Waals surface area contributed by atoms with E-state index in [2.05, 4.69) is 39.2 Å². The van der Waals surface area contributed by atoms with Crippen molar-refractivity contribution in [3.8, 4) is 5.75 Å². The highest BCUT2D eigenvalue weighted by molar-refractivity contribution is 6.07. The summed E-state index contributed by atoms with van der Waals surface area (Å²) in [6, 6.07) is 7.84. The van der Waals surface area contributed by atoms with E-state index in [9.17, 15) is 9.59 Å². The fourth-order valence-electron chi connectivity index (χ4n) is 5.99. The Kier molecular flexibility index (Phi) is 7.10. The number of ketones is 2. The first-order valence-corrected chi connectivity index (χ1v) is 12.7. The molecule has 1 heterocycles. The van der Waals surface area contributed by atoms with Gasteiger partial charge >= 0.3 is 0 Å². The van der Waals surface area contributed by atoms with E-state index in [1.165, 1.54) is 0 Å². The van der Waals surface area contributed by atoms with Crippen LogP contribution in [0, 0.1) is 10.8 Å². The molecule has 0 bridgehead atoms. The lowest BCUT2D eigenvalue weighted by molar-refractivity contribution is -0.119. The molecule has 0 fully saturated rings. The van der Waals surface area contributed by atoms with Crippen LogP contribution < -0.4 is 4.74 Å². The quantitative estimate of drug-likeness (QED) is 0.341. The Balaban J connectivity index is 1.96. The number of hydrogen-bond acceptors (Lipinski definition) is 5. The lowest BCUT2D eigenvalue weighted by atomic mass is 9.63. The molecule has 0 saturated carbocycles. The maximum Gasteiger partial charge on any atom is 0.162 e. The molecule has 1 aromatic rings. The molecule has 2 aliphatic carbocycles. The van der Waals surface area contributed by atoms with Gasteiger partial charge in [-0.2, -0.15) is 0 Å². The molecule has 0 N–H and O–H groups in total. The van der Waals surface area contributed by atoms with Gasteiger partial charge < -0.3 is 14.4 Å². The van der Waals surface area contributed by atoms with Crippen LogP contribution >= 0.6 is 0 Å². The molecule has 0 amide bonds. The molecule has 1 aliphatic heterocycles. The van der Waals surface area contributed by atoms with Crippen LogP contribution in [0.5, 0.6) is 5.75 Å². The lowest BCUT2D eigenvalue weighted by Gasteiger charge is -2.49. The number of rotatable bonds is 8. The highest BCUT2D eigenvalue weighted by atomic mass is 16.5. The highest BCUT2D eigenvalue weighted by Crippen LogP contribution is 2.55. The molecule has 0 atom stereocenters. The van der Waals surface area contributed by atoms with E-state index in [1.54, 1.807) is 13.2 Å². The standard InChI is InChI=1S/C30H39NO4/c1-7-14-35-25-12-9-8-11-20(25)26-27-21(16-29(2,3)18-23(27)32)31(13-10-15-34-6)22-17-30(4,5)19-24(33)28(22)26/h7-9,11-12,26H,1,10,13-19H2,2-6H3. The maximum absolute atomic E-state index is 13.8. The van der Waals surface area contributed by atoms with E-state index in [0.717, 1.165) is 53.9 Å². The molecule has 0 spiro atoms. The monoisotopic (exact) mass is 477 g/mol. The molecule has 5 nitrogen and oxygen atoms in total. The minimum Gasteiger partial charge on any atom is -0.489 e. The summed E-state index contributed by atoms with van der Waals surface area (Å²) in [5, 5.41) is 0. The Morgan fingerprint density at radius 1 is 0.971 bits per heavy atom. The molecule has 4 rings (SSSR count). The number of para-hydroxylation sites is 1. The van der Waals surface area contributed by atoms with Gasteiger partial charge in [-0.1, -0.05) is 58.5 Å². The topological polar surface area (TPSA) is 55.8 Å². The first-order chi connectivity index (χ1) is 16.6. The number of allylic oxidation sites excluding steroid dienone is 4. The van der Waals surface area contributed by atoms with E-state index >= 15 is 0 Å². The second-order valence-corrected chi connectivity index (χ2v) is 11.7. The smallest absolute Gasteiger partial charge is 0.162 e. The maximum atomic E-state index is 13.8. The van der Waals surface area contributed by atoms with Crippen LogP contribution in [0.1, 0.15) is 71.3 Å². The van der Waals surface area contributed by atoms with Crippen LogP contribution in [0.15, 0.2) is 59.5 Å². The summed E-state index contributed by atoms with van der Waals surface area (Å²) in [7, 11) is 1.71. The van der Waals surface area contributed by atoms with Crippen LogP contribution in [-0.4, -0.2) is 43.3 Å². The molecule has 0 unspecified atom stereocenters. The molecule has 3 aliphatic rings. The molecule has 1 aromatic carbocycles. The largest absolute Gasteiger partial charge is 0.489 e. The summed E-state index contributed by atoms with van der Waals surface area (Å²) in [4.78, 5) is 30.0. The number of hydrogen-bond donors (Lipinski definition) is 0. The summed E-state index contributed by atoms with van der Waals surface area (Å²) in [6.07, 6.45) is 5.11. The van der Waals surface area contributed by atoms with Crippen molar-refractivity contribution < 1.29 is 19.1 Å². The third-order valence-electron chi connectivity index (χ3n) is 7.34. The summed E-state index contributed by atoms with van der Waals surface area (Å²) < 4.78 is 11.4. The van der Waals surface area contributed by atoms with E-state index in [-0.39, 0.29) is 22.4 Å². The first-order valence-electron chi connectivity index (χ1n) is 12.7. The Bertz CT molecular complexity index is 1040. The molecule has 0 aromatic heterocycles. The lowest BCUT2D eigenvalue weighted by Crippen LogP contribution is -2.44. The van der Waals surface area contributed by atoms with Crippen molar-refractivity contribution in [2.45, 2.75) is 65.7 Å². The zero-order valence-corrected chi connectivity index (χ0v) is 21.9. The van der Waals surface area contributed by atoms with Crippen molar-refractivity contribution >= 4 is 11.6 Å². The fraction of sp³-hybridized carbons (Fsp3) is 0.533. The third-order valence-corrected chi connectivity index (χ3v) is 7.34. The minimum absolute atomic E-state index is 0.134. The van der Waals surface area contributed by atoms with Crippen LogP contribution in [0.4, 0.5) is 0 Å². The van der Waals surface area contributed by atoms with Gasteiger partial charge in [-0.25, -0.2) is 0 Å². The molecule has 5 heteroatoms. The molecule has 188 valence electrons. The van der Waals surface area contributed by atoms with Crippen LogP contribution in [0.25, 0.3) is 0 Å². The molecule has 35 heavy (non-hydrogen) atoms. The van der Waals surface area contributed by atoms with Gasteiger partial charge in [0, 0.05) is 67.1 Å². The zero-order valence-electron chi connectivity index (χ0n) is 21.9. The number of methoxy groups -OCH3 is 1. The summed E-state index contributed by atoms with van der Waals surface area (Å²) in [5.41, 5.74) is 4.35. The van der Waals surface area contributed by atoms with Crippen LogP contribution in [-0.2, 0) is 14.3 Å². The van der Waals surface area contributed by atoms with Gasteiger partial charge in [0.05, 0.1) is 0 Å². The molecular weight excluding hydrogens is 438 g/mol. The molecular formula is C30H39NO4. The molecule has 0 saturated heterocycles. The zero-order chi connectivity index (χ0) is 25.4. The highest BCUT2D eigenvalue weighted by Gasteiger charge is 2.49. The Labute approximate surface area is 209 Å². The average molecular weight is 478 g/mol. The number of carbonyl (C=O) groups is 2. The van der Waals surface area contributed by atoms with Gasteiger partial charge in [0.1, 0.15) is 12.4 Å². The second kappa shape index (κ2) is 9.77. The van der Waals surface area contributed by atoms with E-state index < -0.39 is 5.92 Å². The van der Waals surface area contributed by atoms with E-state index in [1.807, 2.05) is 24.3 Å². The van der Waals surface area contributed by atoms with Crippen molar-refractivity contribution in [1.29, 1.82) is 0 Å². The van der Waals surface area contributed by atoms with E-state index in [0.29, 0.717) is 31.8 Å². The Hall–Kier alpha value is -2.66. The minimum atomic E-state index is -0.396. The SMILES string of the molecule is C=CCOc1ccccc1C1C2=C(CC(C)(C)CC2=O)N(CCCOC)C2=C1C(=O)CC(C)(C)C2. The van der Waals surface area contributed by atoms with Crippen LogP contribution in [0.3, 0.4) is 0 Å². The van der Waals surface area contributed by atoms with Gasteiger partial charge in [0.25, 0.3) is 0 Å². The number of benzene rings is 1. The fourth-order valence-corrected chi connectivity index (χ4v) is 5.99. The summed E-state index contributed by atoms with van der Waals surface area (Å²) in [5.74, 6) is 0.590. The predicted octanol–water partition coefficient (Wildman–Crippen LogP) is 5.97. The summed E-state index contributed by atoms with van der Waals surface area (Å²) in [6.45, 7) is 14.2. The van der Waals surface area contributed by atoms with Gasteiger partial charge in [0.15, 0.2) is 11.6 Å². The van der Waals surface area contributed by atoms with Gasteiger partial charge in [-0.05, 0) is 36.2 Å². The van der Waals surface area contributed by atoms with Crippen molar-refractivity contribution in [2.75, 3.05) is 26.9 Å². The average Bonchev–Trinajstić information content (AvgIpc) is 2.77. The number of nitrogens with zero attached hydrogens (tertiary/aromatic N) is 1. The van der Waals surface area contributed by atoms with Crippen molar-refractivity contribution in [1.82, 2.24) is 4.90 Å². The van der Waals surface area contributed by atoms with Crippen molar-refractivity contribution in [3.05, 3.63) is 65.0 Å². The Morgan fingerprint density at radius 3 is 2.09 bits per heavy atom. The number of Topliss-reactive ketones (excluding diaryl/α,β-unsaturated/α-hetero) is 2. The van der Waals surface area contributed by atoms with E-state index in [4.69, 9.17) is 9.47 Å². The number of ether oxygens (including phenoxy) is 2. The van der Waals surface area contributed by atoms with Crippen LogP contribution in [0.2, 0.25) is 0 Å². The second-order valence-electron chi connectivity index (χ2n) is 11.7. The Morgan fingerprint density at radius 2 is 1.54 bits per heavy atom. The van der Waals surface area contributed by atoms with Crippen molar-refractivity contribution in [2.24, 2.45) is 10.8 Å². The number of carbonyl (C=O) groups excluding carboxylic acids is 2.